The minimum atomic E-state index is 0.0102. The minimum absolute atomic E-state index is 0.0102. The number of rotatable bonds is 4. The Kier molecular flexibility index (Phi) is 3.62. The van der Waals surface area contributed by atoms with Crippen molar-refractivity contribution >= 4 is 10.8 Å². The van der Waals surface area contributed by atoms with Gasteiger partial charge in [0.25, 0.3) is 0 Å². The average molecular weight is 281 g/mol. The number of likely N-dealkylation sites (N-methyl/N-ethyl adjacent to an activating group) is 1. The number of aromatic nitrogens is 2. The molecule has 3 aromatic rings. The summed E-state index contributed by atoms with van der Waals surface area (Å²) in [6.07, 6.45) is 3.61. The predicted octanol–water partition coefficient (Wildman–Crippen LogP) is 2.30. The molecule has 0 spiro atoms. The van der Waals surface area contributed by atoms with E-state index in [1.807, 2.05) is 25.4 Å². The Morgan fingerprint density at radius 3 is 2.52 bits per heavy atom. The Morgan fingerprint density at radius 1 is 1.10 bits per heavy atom. The van der Waals surface area contributed by atoms with Gasteiger partial charge in [0.1, 0.15) is 0 Å². The molecule has 4 nitrogen and oxygen atoms in total. The number of fused-ring (bicyclic) bond motifs is 1. The van der Waals surface area contributed by atoms with Gasteiger partial charge in [-0.3, -0.25) is 4.57 Å². The molecule has 1 unspecified atom stereocenters. The smallest absolute Gasteiger partial charge is 0.312 e. The van der Waals surface area contributed by atoms with Crippen LogP contribution in [0, 0.1) is 0 Å². The summed E-state index contributed by atoms with van der Waals surface area (Å²) in [5.74, 6) is 0. The van der Waals surface area contributed by atoms with Gasteiger partial charge in [0.05, 0.1) is 6.04 Å². The van der Waals surface area contributed by atoms with Gasteiger partial charge < -0.3 is 9.88 Å². The zero-order valence-corrected chi connectivity index (χ0v) is 12.3. The van der Waals surface area contributed by atoms with Crippen molar-refractivity contribution in [3.8, 4) is 0 Å². The van der Waals surface area contributed by atoms with Crippen molar-refractivity contribution in [3.05, 3.63) is 70.9 Å². The van der Waals surface area contributed by atoms with Crippen molar-refractivity contribution in [3.63, 3.8) is 0 Å². The van der Waals surface area contributed by atoms with Crippen molar-refractivity contribution in [1.82, 2.24) is 14.5 Å². The van der Waals surface area contributed by atoms with Crippen molar-refractivity contribution in [1.29, 1.82) is 0 Å². The Bertz CT molecular complexity index is 816. The third kappa shape index (κ3) is 2.62. The van der Waals surface area contributed by atoms with Gasteiger partial charge in [-0.2, -0.15) is 0 Å². The molecule has 1 heterocycles. The second kappa shape index (κ2) is 5.58. The second-order valence-electron chi connectivity index (χ2n) is 5.29. The van der Waals surface area contributed by atoms with E-state index >= 15 is 0 Å². The lowest BCUT2D eigenvalue weighted by Crippen LogP contribution is -2.29. The monoisotopic (exact) mass is 281 g/mol. The Hall–Kier alpha value is -2.33. The first-order valence-electron chi connectivity index (χ1n) is 7.07. The molecule has 0 radical (unpaired) electrons. The fourth-order valence-corrected chi connectivity index (χ4v) is 2.63. The molecule has 3 rings (SSSR count). The molecule has 0 fully saturated rings. The van der Waals surface area contributed by atoms with E-state index in [-0.39, 0.29) is 11.7 Å². The van der Waals surface area contributed by atoms with E-state index in [0.717, 1.165) is 0 Å². The third-order valence-electron chi connectivity index (χ3n) is 3.92. The van der Waals surface area contributed by atoms with Gasteiger partial charge in [-0.25, -0.2) is 4.79 Å². The summed E-state index contributed by atoms with van der Waals surface area (Å²) in [6, 6.07) is 14.8. The van der Waals surface area contributed by atoms with Gasteiger partial charge in [0.15, 0.2) is 0 Å². The van der Waals surface area contributed by atoms with Crippen LogP contribution in [-0.2, 0) is 13.6 Å². The van der Waals surface area contributed by atoms with Gasteiger partial charge in [0.2, 0.25) is 0 Å². The van der Waals surface area contributed by atoms with Crippen LogP contribution in [0.15, 0.2) is 59.7 Å². The maximum Gasteiger partial charge on any atom is 0.327 e. The molecule has 0 aliphatic rings. The van der Waals surface area contributed by atoms with E-state index in [1.54, 1.807) is 22.4 Å². The van der Waals surface area contributed by atoms with E-state index in [1.165, 1.54) is 16.3 Å². The number of hydrogen-bond acceptors (Lipinski definition) is 2. The molecular formula is C17H19N3O. The van der Waals surface area contributed by atoms with Crippen LogP contribution in [0.25, 0.3) is 10.8 Å². The first-order chi connectivity index (χ1) is 10.2. The lowest BCUT2D eigenvalue weighted by molar-refractivity contribution is 0.488. The van der Waals surface area contributed by atoms with Gasteiger partial charge in [-0.05, 0) is 29.4 Å². The molecule has 2 aromatic carbocycles. The fourth-order valence-electron chi connectivity index (χ4n) is 2.63. The fraction of sp³-hybridized carbons (Fsp3) is 0.235. The van der Waals surface area contributed by atoms with Crippen LogP contribution < -0.4 is 11.0 Å². The molecule has 21 heavy (non-hydrogen) atoms. The third-order valence-corrected chi connectivity index (χ3v) is 3.92. The van der Waals surface area contributed by atoms with Crippen LogP contribution in [0.2, 0.25) is 0 Å². The van der Waals surface area contributed by atoms with E-state index in [2.05, 4.69) is 35.6 Å². The van der Waals surface area contributed by atoms with Crippen LogP contribution in [-0.4, -0.2) is 16.2 Å². The molecule has 0 aliphatic heterocycles. The Morgan fingerprint density at radius 2 is 1.86 bits per heavy atom. The maximum atomic E-state index is 12.0. The summed E-state index contributed by atoms with van der Waals surface area (Å²) in [5.41, 5.74) is 1.20. The zero-order chi connectivity index (χ0) is 14.8. The van der Waals surface area contributed by atoms with Crippen molar-refractivity contribution in [2.75, 3.05) is 7.05 Å². The average Bonchev–Trinajstić information content (AvgIpc) is 2.84. The molecule has 0 saturated heterocycles. The topological polar surface area (TPSA) is 39.0 Å². The SMILES string of the molecule is CNC(Cn1ccn(C)c1=O)c1ccc2ccccc2c1. The van der Waals surface area contributed by atoms with Crippen LogP contribution in [0.4, 0.5) is 0 Å². The Labute approximate surface area is 123 Å². The highest BCUT2D eigenvalue weighted by molar-refractivity contribution is 5.83. The highest BCUT2D eigenvalue weighted by Crippen LogP contribution is 2.21. The number of aryl methyl sites for hydroxylation is 1. The van der Waals surface area contributed by atoms with Crippen molar-refractivity contribution < 1.29 is 0 Å². The first-order valence-corrected chi connectivity index (χ1v) is 7.07. The van der Waals surface area contributed by atoms with E-state index in [0.29, 0.717) is 6.54 Å². The normalized spacial score (nSPS) is 12.7. The van der Waals surface area contributed by atoms with Crippen LogP contribution in [0.5, 0.6) is 0 Å². The zero-order valence-electron chi connectivity index (χ0n) is 12.3. The minimum Gasteiger partial charge on any atom is -0.312 e. The number of hydrogen-bond donors (Lipinski definition) is 1. The molecule has 0 bridgehead atoms. The molecular weight excluding hydrogens is 262 g/mol. The van der Waals surface area contributed by atoms with Gasteiger partial charge in [0, 0.05) is 26.0 Å². The van der Waals surface area contributed by atoms with Gasteiger partial charge in [-0.15, -0.1) is 0 Å². The van der Waals surface area contributed by atoms with Crippen molar-refractivity contribution in [2.45, 2.75) is 12.6 Å². The molecule has 1 aromatic heterocycles. The summed E-state index contributed by atoms with van der Waals surface area (Å²) in [4.78, 5) is 12.0. The molecule has 0 saturated carbocycles. The number of benzene rings is 2. The molecule has 1 N–H and O–H groups in total. The van der Waals surface area contributed by atoms with Crippen LogP contribution in [0.1, 0.15) is 11.6 Å². The summed E-state index contributed by atoms with van der Waals surface area (Å²) >= 11 is 0. The largest absolute Gasteiger partial charge is 0.327 e. The molecule has 108 valence electrons. The second-order valence-corrected chi connectivity index (χ2v) is 5.29. The van der Waals surface area contributed by atoms with Crippen LogP contribution in [0.3, 0.4) is 0 Å². The lowest BCUT2D eigenvalue weighted by Gasteiger charge is -2.17. The predicted molar refractivity (Wildman–Crippen MR) is 85.4 cm³/mol. The number of imidazole rings is 1. The Balaban J connectivity index is 1.94. The summed E-state index contributed by atoms with van der Waals surface area (Å²) in [5, 5.41) is 5.75. The van der Waals surface area contributed by atoms with Crippen molar-refractivity contribution in [2.24, 2.45) is 7.05 Å². The van der Waals surface area contributed by atoms with Crippen LogP contribution >= 0.6 is 0 Å². The molecule has 0 amide bonds. The lowest BCUT2D eigenvalue weighted by atomic mass is 10.0. The molecule has 4 heteroatoms. The van der Waals surface area contributed by atoms with E-state index < -0.39 is 0 Å². The number of nitrogens with zero attached hydrogens (tertiary/aromatic N) is 2. The first kappa shape index (κ1) is 13.6. The molecule has 1 atom stereocenters. The highest BCUT2D eigenvalue weighted by atomic mass is 16.1. The molecule has 0 aliphatic carbocycles. The van der Waals surface area contributed by atoms with E-state index in [9.17, 15) is 4.79 Å². The quantitative estimate of drug-likeness (QED) is 0.797. The summed E-state index contributed by atoms with van der Waals surface area (Å²) < 4.78 is 3.32. The highest BCUT2D eigenvalue weighted by Gasteiger charge is 2.12. The summed E-state index contributed by atoms with van der Waals surface area (Å²) in [7, 11) is 3.69. The standard InChI is InChI=1S/C17H19N3O/c1-18-16(12-20-10-9-19(2)17(20)21)15-8-7-13-5-3-4-6-14(13)11-15/h3-11,16,18H,12H2,1-2H3. The number of nitrogens with one attached hydrogen (secondary N) is 1. The maximum absolute atomic E-state index is 12.0. The summed E-state index contributed by atoms with van der Waals surface area (Å²) in [6.45, 7) is 0.620. The van der Waals surface area contributed by atoms with E-state index in [4.69, 9.17) is 0 Å². The van der Waals surface area contributed by atoms with Gasteiger partial charge >= 0.3 is 5.69 Å². The van der Waals surface area contributed by atoms with Gasteiger partial charge in [-0.1, -0.05) is 36.4 Å².